The van der Waals surface area contributed by atoms with Gasteiger partial charge in [0.2, 0.25) is 0 Å². The molecule has 1 aromatic carbocycles. The summed E-state index contributed by atoms with van der Waals surface area (Å²) in [5, 5.41) is 0. The molecule has 1 heterocycles. The van der Waals surface area contributed by atoms with Crippen LogP contribution < -0.4 is 10.4 Å². The van der Waals surface area contributed by atoms with Crippen LogP contribution in [0.4, 0.5) is 4.79 Å². The van der Waals surface area contributed by atoms with Crippen molar-refractivity contribution in [3.63, 3.8) is 0 Å². The smallest absolute Gasteiger partial charge is 0.422 e. The van der Waals surface area contributed by atoms with E-state index in [1.165, 1.54) is 31.4 Å². The van der Waals surface area contributed by atoms with Crippen molar-refractivity contribution in [2.75, 3.05) is 13.7 Å². The molecule has 8 nitrogen and oxygen atoms in total. The van der Waals surface area contributed by atoms with E-state index < -0.39 is 21.8 Å². The first-order chi connectivity index (χ1) is 10.4. The average Bonchev–Trinajstić information content (AvgIpc) is 2.90. The highest BCUT2D eigenvalue weighted by atomic mass is 32.2. The summed E-state index contributed by atoms with van der Waals surface area (Å²) in [7, 11) is -2.65. The third-order valence-electron chi connectivity index (χ3n) is 2.83. The fourth-order valence-electron chi connectivity index (χ4n) is 1.74. The molecule has 0 aliphatic heterocycles. The van der Waals surface area contributed by atoms with Gasteiger partial charge in [-0.15, -0.1) is 0 Å². The first kappa shape index (κ1) is 15.8. The van der Waals surface area contributed by atoms with E-state index in [-0.39, 0.29) is 11.5 Å². The predicted molar refractivity (Wildman–Crippen MR) is 76.7 cm³/mol. The summed E-state index contributed by atoms with van der Waals surface area (Å²) in [4.78, 5) is 23.5. The van der Waals surface area contributed by atoms with Crippen molar-refractivity contribution < 1.29 is 22.7 Å². The summed E-state index contributed by atoms with van der Waals surface area (Å²) in [5.74, 6) is 0.482. The normalized spacial score (nSPS) is 11.2. The largest absolute Gasteiger partial charge is 0.497 e. The standard InChI is InChI=1S/C13H14N2O6S/c1-3-21-13(17)14-8-9-15(12(14)16)22(18,19)11-6-4-10(20-2)5-7-11/h4-9H,3H2,1-2H3. The van der Waals surface area contributed by atoms with Gasteiger partial charge in [-0.25, -0.2) is 22.6 Å². The van der Waals surface area contributed by atoms with Crippen LogP contribution in [-0.4, -0.2) is 36.8 Å². The zero-order valence-electron chi connectivity index (χ0n) is 11.9. The fraction of sp³-hybridized carbons (Fsp3) is 0.231. The Morgan fingerprint density at radius 2 is 1.82 bits per heavy atom. The van der Waals surface area contributed by atoms with Crippen LogP contribution in [-0.2, 0) is 14.8 Å². The molecule has 0 saturated carbocycles. The number of carbonyl (C=O) groups is 1. The molecular formula is C13H14N2O6S. The number of benzene rings is 1. The summed E-state index contributed by atoms with van der Waals surface area (Å²) in [6.45, 7) is 1.65. The monoisotopic (exact) mass is 326 g/mol. The van der Waals surface area contributed by atoms with Crippen LogP contribution in [0.2, 0.25) is 0 Å². The molecule has 0 unspecified atom stereocenters. The van der Waals surface area contributed by atoms with Crippen molar-refractivity contribution in [2.24, 2.45) is 0 Å². The summed E-state index contributed by atoms with van der Waals surface area (Å²) >= 11 is 0. The van der Waals surface area contributed by atoms with E-state index in [1.54, 1.807) is 6.92 Å². The lowest BCUT2D eigenvalue weighted by molar-refractivity contribution is 0.153. The van der Waals surface area contributed by atoms with E-state index in [2.05, 4.69) is 4.74 Å². The van der Waals surface area contributed by atoms with Crippen molar-refractivity contribution in [1.82, 2.24) is 8.54 Å². The highest BCUT2D eigenvalue weighted by molar-refractivity contribution is 7.90. The van der Waals surface area contributed by atoms with E-state index in [0.717, 1.165) is 12.4 Å². The van der Waals surface area contributed by atoms with E-state index in [0.29, 0.717) is 14.3 Å². The number of aromatic nitrogens is 2. The second kappa shape index (κ2) is 6.06. The molecule has 0 fully saturated rings. The maximum absolute atomic E-state index is 12.4. The molecule has 22 heavy (non-hydrogen) atoms. The van der Waals surface area contributed by atoms with Crippen LogP contribution in [0.3, 0.4) is 0 Å². The average molecular weight is 326 g/mol. The number of rotatable bonds is 4. The Morgan fingerprint density at radius 3 is 2.36 bits per heavy atom. The van der Waals surface area contributed by atoms with Crippen molar-refractivity contribution in [3.05, 3.63) is 47.1 Å². The molecule has 0 spiro atoms. The summed E-state index contributed by atoms with van der Waals surface area (Å²) in [6, 6.07) is 5.53. The van der Waals surface area contributed by atoms with Gasteiger partial charge in [0.25, 0.3) is 10.0 Å². The maximum atomic E-state index is 12.4. The second-order valence-electron chi connectivity index (χ2n) is 4.13. The minimum absolute atomic E-state index is 0.0711. The van der Waals surface area contributed by atoms with Crippen molar-refractivity contribution in [3.8, 4) is 5.75 Å². The van der Waals surface area contributed by atoms with Crippen molar-refractivity contribution in [2.45, 2.75) is 11.8 Å². The van der Waals surface area contributed by atoms with Gasteiger partial charge in [0, 0.05) is 12.4 Å². The molecule has 0 radical (unpaired) electrons. The lowest BCUT2D eigenvalue weighted by Crippen LogP contribution is -2.32. The first-order valence-corrected chi connectivity index (χ1v) is 7.72. The molecule has 0 saturated heterocycles. The summed E-state index contributed by atoms with van der Waals surface area (Å²) in [6.07, 6.45) is 1.11. The van der Waals surface area contributed by atoms with Gasteiger partial charge in [0.15, 0.2) is 0 Å². The van der Waals surface area contributed by atoms with Crippen LogP contribution in [0.5, 0.6) is 5.75 Å². The lowest BCUT2D eigenvalue weighted by atomic mass is 10.3. The van der Waals surface area contributed by atoms with Gasteiger partial charge in [-0.05, 0) is 31.2 Å². The summed E-state index contributed by atoms with van der Waals surface area (Å²) < 4.78 is 35.5. The van der Waals surface area contributed by atoms with Gasteiger partial charge < -0.3 is 9.47 Å². The molecule has 0 amide bonds. The van der Waals surface area contributed by atoms with Gasteiger partial charge in [-0.3, -0.25) is 0 Å². The summed E-state index contributed by atoms with van der Waals surface area (Å²) in [5.41, 5.74) is -1.02. The Morgan fingerprint density at radius 1 is 1.18 bits per heavy atom. The van der Waals surface area contributed by atoms with E-state index in [1.807, 2.05) is 0 Å². The lowest BCUT2D eigenvalue weighted by Gasteiger charge is -2.05. The van der Waals surface area contributed by atoms with Crippen LogP contribution in [0.15, 0.2) is 46.3 Å². The molecule has 0 aliphatic rings. The number of nitrogens with zero attached hydrogens (tertiary/aromatic N) is 2. The number of methoxy groups -OCH3 is 1. The van der Waals surface area contributed by atoms with Crippen LogP contribution in [0.1, 0.15) is 6.92 Å². The molecule has 9 heteroatoms. The Kier molecular flexibility index (Phi) is 4.36. The zero-order chi connectivity index (χ0) is 16.3. The number of carbonyl (C=O) groups excluding carboxylic acids is 1. The third kappa shape index (κ3) is 2.75. The fourth-order valence-corrected chi connectivity index (χ4v) is 2.95. The Bertz CT molecular complexity index is 832. The minimum atomic E-state index is -4.10. The molecule has 2 rings (SSSR count). The Labute approximate surface area is 126 Å². The maximum Gasteiger partial charge on any atom is 0.422 e. The molecule has 118 valence electrons. The highest BCUT2D eigenvalue weighted by Gasteiger charge is 2.22. The second-order valence-corrected chi connectivity index (χ2v) is 5.94. The topological polar surface area (TPSA) is 96.6 Å². The van der Waals surface area contributed by atoms with Crippen molar-refractivity contribution >= 4 is 16.1 Å². The minimum Gasteiger partial charge on any atom is -0.497 e. The first-order valence-electron chi connectivity index (χ1n) is 6.28. The number of imidazole rings is 1. The van der Waals surface area contributed by atoms with Gasteiger partial charge in [-0.1, -0.05) is 0 Å². The number of ether oxygens (including phenoxy) is 2. The SMILES string of the molecule is CCOC(=O)n1ccn(S(=O)(=O)c2ccc(OC)cc2)c1=O. The van der Waals surface area contributed by atoms with Gasteiger partial charge >= 0.3 is 11.8 Å². The molecule has 0 bridgehead atoms. The van der Waals surface area contributed by atoms with Crippen LogP contribution in [0.25, 0.3) is 0 Å². The van der Waals surface area contributed by atoms with E-state index in [4.69, 9.17) is 4.74 Å². The number of hydrogen-bond donors (Lipinski definition) is 0. The van der Waals surface area contributed by atoms with Crippen molar-refractivity contribution in [1.29, 1.82) is 0 Å². The van der Waals surface area contributed by atoms with E-state index in [9.17, 15) is 18.0 Å². The van der Waals surface area contributed by atoms with Gasteiger partial charge in [0.05, 0.1) is 18.6 Å². The quantitative estimate of drug-likeness (QED) is 0.828. The molecule has 0 N–H and O–H groups in total. The van der Waals surface area contributed by atoms with Gasteiger partial charge in [0.1, 0.15) is 5.75 Å². The molecule has 0 aliphatic carbocycles. The Balaban J connectivity index is 2.46. The molecular weight excluding hydrogens is 312 g/mol. The highest BCUT2D eigenvalue weighted by Crippen LogP contribution is 2.17. The number of hydrogen-bond acceptors (Lipinski definition) is 6. The zero-order valence-corrected chi connectivity index (χ0v) is 12.7. The molecule has 2 aromatic rings. The van der Waals surface area contributed by atoms with Crippen LogP contribution >= 0.6 is 0 Å². The van der Waals surface area contributed by atoms with E-state index >= 15 is 0 Å². The molecule has 0 atom stereocenters. The van der Waals surface area contributed by atoms with Crippen LogP contribution in [0, 0.1) is 0 Å². The predicted octanol–water partition coefficient (Wildman–Crippen LogP) is 0.900. The van der Waals surface area contributed by atoms with Gasteiger partial charge in [-0.2, -0.15) is 3.97 Å². The third-order valence-corrected chi connectivity index (χ3v) is 4.49. The molecule has 1 aromatic heterocycles. The Hall–Kier alpha value is -2.55.